The lowest BCUT2D eigenvalue weighted by atomic mass is 9.94. The van der Waals surface area contributed by atoms with Gasteiger partial charge in [-0.1, -0.05) is 24.2 Å². The molecule has 1 unspecified atom stereocenters. The number of anilines is 2. The monoisotopic (exact) mass is 534 g/mol. The first-order valence-electron chi connectivity index (χ1n) is 12.3. The van der Waals surface area contributed by atoms with Gasteiger partial charge in [0.1, 0.15) is 16.9 Å². The molecule has 1 saturated carbocycles. The predicted molar refractivity (Wildman–Crippen MR) is 140 cm³/mol. The molecule has 1 N–H and O–H groups in total. The van der Waals surface area contributed by atoms with Crippen LogP contribution in [0.15, 0.2) is 64.9 Å². The molecule has 9 nitrogen and oxygen atoms in total. The van der Waals surface area contributed by atoms with Crippen LogP contribution in [0.25, 0.3) is 0 Å². The molecule has 1 spiro atoms. The summed E-state index contributed by atoms with van der Waals surface area (Å²) in [6.45, 7) is 2.38. The number of hydrogen-bond donors (Lipinski definition) is 1. The fourth-order valence-electron chi connectivity index (χ4n) is 4.43. The molecule has 1 aliphatic heterocycles. The Morgan fingerprint density at radius 2 is 1.95 bits per heavy atom. The van der Waals surface area contributed by atoms with E-state index in [4.69, 9.17) is 14.2 Å². The molecular weight excluding hydrogens is 508 g/mol. The number of ether oxygens (including phenoxy) is 3. The van der Waals surface area contributed by atoms with Crippen molar-refractivity contribution in [3.63, 3.8) is 0 Å². The van der Waals surface area contributed by atoms with Crippen molar-refractivity contribution in [2.24, 2.45) is 0 Å². The third-order valence-electron chi connectivity index (χ3n) is 6.29. The van der Waals surface area contributed by atoms with Crippen molar-refractivity contribution in [2.45, 2.75) is 60.8 Å². The summed E-state index contributed by atoms with van der Waals surface area (Å²) >= 11 is 2.77. The first kappa shape index (κ1) is 24.2. The molecule has 4 aromatic rings. The topological polar surface area (TPSA) is 104 Å². The molecule has 1 saturated heterocycles. The minimum absolute atomic E-state index is 0.260. The standard InChI is InChI=1S/C26H26N6O3S2/c1-17-19(8-7-13-27-17)34-20-14-18(36-22-9-3-6-12-28-22)15-29-23(20)30-25-31-24(32-37-25)21-16-33-26(35-21)10-4-2-5-11-26/h3,6-9,12-15,21H,2,4-5,10-11,16H2,1H3,(H,29,30,31,32). The fourth-order valence-corrected chi connectivity index (χ4v) is 5.82. The maximum atomic E-state index is 6.30. The molecule has 0 radical (unpaired) electrons. The van der Waals surface area contributed by atoms with Gasteiger partial charge in [-0.2, -0.15) is 4.37 Å². The molecular formula is C26H26N6O3S2. The Balaban J connectivity index is 1.23. The van der Waals surface area contributed by atoms with Crippen LogP contribution in [0.1, 0.15) is 49.7 Å². The Morgan fingerprint density at radius 1 is 1.05 bits per heavy atom. The van der Waals surface area contributed by atoms with E-state index in [1.165, 1.54) is 29.7 Å². The minimum Gasteiger partial charge on any atom is -0.452 e. The summed E-state index contributed by atoms with van der Waals surface area (Å²) in [5.41, 5.74) is 0.782. The molecule has 1 atom stereocenters. The zero-order valence-corrected chi connectivity index (χ0v) is 21.9. The van der Waals surface area contributed by atoms with Crippen molar-refractivity contribution in [3.05, 3.63) is 66.5 Å². The number of nitrogens with one attached hydrogen (secondary N) is 1. The fraction of sp³-hybridized carbons (Fsp3) is 0.346. The molecule has 11 heteroatoms. The van der Waals surface area contributed by atoms with Crippen LogP contribution in [0, 0.1) is 6.92 Å². The smallest absolute Gasteiger partial charge is 0.208 e. The summed E-state index contributed by atoms with van der Waals surface area (Å²) < 4.78 is 23.2. The van der Waals surface area contributed by atoms with E-state index in [0.717, 1.165) is 41.3 Å². The van der Waals surface area contributed by atoms with Crippen molar-refractivity contribution >= 4 is 34.2 Å². The molecule has 2 aliphatic rings. The van der Waals surface area contributed by atoms with Crippen molar-refractivity contribution in [1.29, 1.82) is 0 Å². The second-order valence-electron chi connectivity index (χ2n) is 8.95. The summed E-state index contributed by atoms with van der Waals surface area (Å²) in [6, 6.07) is 11.5. The maximum Gasteiger partial charge on any atom is 0.208 e. The van der Waals surface area contributed by atoms with Crippen LogP contribution in [0.4, 0.5) is 10.9 Å². The van der Waals surface area contributed by atoms with Crippen molar-refractivity contribution in [1.82, 2.24) is 24.3 Å². The summed E-state index contributed by atoms with van der Waals surface area (Å²) in [5, 5.41) is 4.76. The van der Waals surface area contributed by atoms with Gasteiger partial charge in [0.2, 0.25) is 5.13 Å². The highest BCUT2D eigenvalue weighted by Crippen LogP contribution is 2.43. The first-order chi connectivity index (χ1) is 18.2. The highest BCUT2D eigenvalue weighted by molar-refractivity contribution is 7.99. The number of aromatic nitrogens is 5. The van der Waals surface area contributed by atoms with Crippen molar-refractivity contribution in [2.75, 3.05) is 11.9 Å². The zero-order chi connectivity index (χ0) is 25.1. The number of rotatable bonds is 7. The van der Waals surface area contributed by atoms with Crippen LogP contribution >= 0.6 is 23.3 Å². The lowest BCUT2D eigenvalue weighted by Gasteiger charge is -2.31. The van der Waals surface area contributed by atoms with E-state index in [1.54, 1.807) is 18.6 Å². The third kappa shape index (κ3) is 5.59. The average Bonchev–Trinajstić information content (AvgIpc) is 3.55. The lowest BCUT2D eigenvalue weighted by Crippen LogP contribution is -2.32. The Labute approximate surface area is 223 Å². The van der Waals surface area contributed by atoms with E-state index < -0.39 is 5.79 Å². The number of aryl methyl sites for hydroxylation is 1. The van der Waals surface area contributed by atoms with Gasteiger partial charge < -0.3 is 19.5 Å². The van der Waals surface area contributed by atoms with E-state index in [2.05, 4.69) is 29.6 Å². The van der Waals surface area contributed by atoms with Crippen LogP contribution in [-0.4, -0.2) is 36.7 Å². The highest BCUT2D eigenvalue weighted by Gasteiger charge is 2.44. The van der Waals surface area contributed by atoms with Crippen LogP contribution in [-0.2, 0) is 9.47 Å². The van der Waals surface area contributed by atoms with Gasteiger partial charge in [-0.15, -0.1) is 0 Å². The van der Waals surface area contributed by atoms with Crippen LogP contribution in [0.3, 0.4) is 0 Å². The number of pyridine rings is 3. The maximum absolute atomic E-state index is 6.30. The van der Waals surface area contributed by atoms with Crippen LogP contribution in [0.5, 0.6) is 11.5 Å². The van der Waals surface area contributed by atoms with E-state index in [1.807, 2.05) is 43.3 Å². The zero-order valence-electron chi connectivity index (χ0n) is 20.3. The lowest BCUT2D eigenvalue weighted by molar-refractivity contribution is -0.188. The molecule has 1 aliphatic carbocycles. The predicted octanol–water partition coefficient (Wildman–Crippen LogP) is 6.47. The molecule has 190 valence electrons. The Bertz CT molecular complexity index is 1360. The Hall–Kier alpha value is -3.12. The normalized spacial score (nSPS) is 18.7. The molecule has 6 rings (SSSR count). The van der Waals surface area contributed by atoms with Crippen molar-refractivity contribution in [3.8, 4) is 11.5 Å². The molecule has 37 heavy (non-hydrogen) atoms. The van der Waals surface area contributed by atoms with Gasteiger partial charge in [0.25, 0.3) is 0 Å². The summed E-state index contributed by atoms with van der Waals surface area (Å²) in [5.74, 6) is 1.90. The molecule has 4 aromatic heterocycles. The van der Waals surface area contributed by atoms with Gasteiger partial charge in [0.05, 0.1) is 12.3 Å². The van der Waals surface area contributed by atoms with Crippen LogP contribution in [0.2, 0.25) is 0 Å². The average molecular weight is 535 g/mol. The van der Waals surface area contributed by atoms with Gasteiger partial charge in [-0.3, -0.25) is 4.98 Å². The van der Waals surface area contributed by atoms with E-state index in [0.29, 0.717) is 34.9 Å². The molecule has 0 amide bonds. The molecule has 0 aromatic carbocycles. The third-order valence-corrected chi connectivity index (χ3v) is 7.85. The highest BCUT2D eigenvalue weighted by atomic mass is 32.2. The minimum atomic E-state index is -0.465. The molecule has 2 fully saturated rings. The van der Waals surface area contributed by atoms with Gasteiger partial charge in [0, 0.05) is 53.9 Å². The second-order valence-corrected chi connectivity index (χ2v) is 10.8. The second kappa shape index (κ2) is 10.7. The van der Waals surface area contributed by atoms with Gasteiger partial charge >= 0.3 is 0 Å². The Morgan fingerprint density at radius 3 is 2.78 bits per heavy atom. The summed E-state index contributed by atoms with van der Waals surface area (Å²) in [6.07, 6.45) is 10.4. The summed E-state index contributed by atoms with van der Waals surface area (Å²) in [4.78, 5) is 19.0. The number of nitrogens with zero attached hydrogens (tertiary/aromatic N) is 5. The summed E-state index contributed by atoms with van der Waals surface area (Å²) in [7, 11) is 0. The molecule has 0 bridgehead atoms. The molecule has 5 heterocycles. The van der Waals surface area contributed by atoms with E-state index in [-0.39, 0.29) is 6.10 Å². The van der Waals surface area contributed by atoms with Crippen molar-refractivity contribution < 1.29 is 14.2 Å². The van der Waals surface area contributed by atoms with E-state index in [9.17, 15) is 0 Å². The Kier molecular flexibility index (Phi) is 7.01. The van der Waals surface area contributed by atoms with Gasteiger partial charge in [-0.25, -0.2) is 15.0 Å². The van der Waals surface area contributed by atoms with Gasteiger partial charge in [-0.05, 0) is 44.0 Å². The SMILES string of the molecule is Cc1ncccc1Oc1cc(Sc2ccccn2)cnc1Nc1nc(C2COC3(CCCCC3)O2)ns1. The van der Waals surface area contributed by atoms with Gasteiger partial charge in [0.15, 0.2) is 23.2 Å². The quantitative estimate of drug-likeness (QED) is 0.284. The number of hydrogen-bond acceptors (Lipinski definition) is 11. The van der Waals surface area contributed by atoms with E-state index >= 15 is 0 Å². The first-order valence-corrected chi connectivity index (χ1v) is 13.9. The van der Waals surface area contributed by atoms with Crippen LogP contribution < -0.4 is 10.1 Å². The largest absolute Gasteiger partial charge is 0.452 e.